The number of hydrogen-bond acceptors (Lipinski definition) is 8. The summed E-state index contributed by atoms with van der Waals surface area (Å²) in [5, 5.41) is 39.2. The number of nitriles is 3. The molecule has 0 spiro atoms. The number of hydrogen-bond donors (Lipinski definition) is 1. The fourth-order valence-corrected chi connectivity index (χ4v) is 2.27. The van der Waals surface area contributed by atoms with Crippen LogP contribution in [0, 0.1) is 44.1 Å². The van der Waals surface area contributed by atoms with Crippen LogP contribution in [0.1, 0.15) is 0 Å². The summed E-state index contributed by atoms with van der Waals surface area (Å²) in [4.78, 5) is 8.43. The van der Waals surface area contributed by atoms with Gasteiger partial charge < -0.3 is 5.32 Å². The molecule has 0 bridgehead atoms. The zero-order valence-electron chi connectivity index (χ0n) is 11.7. The summed E-state index contributed by atoms with van der Waals surface area (Å²) >= 11 is 0. The Hall–Kier alpha value is -3.63. The maximum atomic E-state index is 12.5. The van der Waals surface area contributed by atoms with Gasteiger partial charge in [-0.1, -0.05) is 0 Å². The van der Waals surface area contributed by atoms with Crippen molar-refractivity contribution < 1.29 is 26.5 Å². The molecule has 0 heterocycles. The lowest BCUT2D eigenvalue weighted by Gasteiger charge is -2.10. The minimum atomic E-state index is -5.82. The summed E-state index contributed by atoms with van der Waals surface area (Å²) in [6, 6.07) is 5.28. The molecule has 0 unspecified atom stereocenters. The minimum Gasteiger partial charge on any atom is -0.340 e. The summed E-state index contributed by atoms with van der Waals surface area (Å²) < 4.78 is 60.2. The lowest BCUT2D eigenvalue weighted by Crippen LogP contribution is -2.23. The van der Waals surface area contributed by atoms with Crippen LogP contribution >= 0.6 is 0 Å². The lowest BCUT2D eigenvalue weighted by molar-refractivity contribution is -0.384. The molecule has 1 aromatic rings. The molecule has 1 N–H and O–H groups in total. The number of nitrogens with zero attached hydrogens (tertiary/aromatic N) is 4. The standard InChI is InChI=1S/C12H4F3N5O4S/c13-12(14,15)25(23,24)8-1-2-9(11(3-8)20(21)22)19-10(6-18)7(4-16)5-17/h1-3,19H. The predicted octanol–water partition coefficient (Wildman–Crippen LogP) is 2.13. The number of sulfone groups is 1. The Morgan fingerprint density at radius 2 is 1.72 bits per heavy atom. The third-order valence-corrected chi connectivity index (χ3v) is 4.11. The molecular weight excluding hydrogens is 367 g/mol. The van der Waals surface area contributed by atoms with Crippen molar-refractivity contribution in [3.63, 3.8) is 0 Å². The Morgan fingerprint density at radius 3 is 2.12 bits per heavy atom. The van der Waals surface area contributed by atoms with Crippen LogP contribution in [0.3, 0.4) is 0 Å². The summed E-state index contributed by atoms with van der Waals surface area (Å²) in [7, 11) is -5.82. The van der Waals surface area contributed by atoms with Crippen LogP contribution in [0.15, 0.2) is 34.4 Å². The summed E-state index contributed by atoms with van der Waals surface area (Å²) in [5.74, 6) is 0. The van der Waals surface area contributed by atoms with E-state index in [1.165, 1.54) is 18.2 Å². The van der Waals surface area contributed by atoms with Crippen molar-refractivity contribution in [3.8, 4) is 18.2 Å². The number of halogens is 3. The Balaban J connectivity index is 3.57. The van der Waals surface area contributed by atoms with Gasteiger partial charge in [0.15, 0.2) is 5.57 Å². The molecule has 0 aromatic heterocycles. The second-order valence-corrected chi connectivity index (χ2v) is 6.04. The Bertz CT molecular complexity index is 978. The third-order valence-electron chi connectivity index (χ3n) is 2.63. The monoisotopic (exact) mass is 371 g/mol. The highest BCUT2D eigenvalue weighted by molar-refractivity contribution is 7.92. The number of benzene rings is 1. The van der Waals surface area contributed by atoms with E-state index in [4.69, 9.17) is 15.8 Å². The van der Waals surface area contributed by atoms with Crippen molar-refractivity contribution in [2.24, 2.45) is 0 Å². The number of nitrogens with one attached hydrogen (secondary N) is 1. The summed E-state index contributed by atoms with van der Waals surface area (Å²) in [5.41, 5.74) is -8.77. The quantitative estimate of drug-likeness (QED) is 0.478. The molecule has 0 aliphatic heterocycles. The second-order valence-electron chi connectivity index (χ2n) is 4.10. The lowest BCUT2D eigenvalue weighted by atomic mass is 10.2. The smallest absolute Gasteiger partial charge is 0.340 e. The molecular formula is C12H4F3N5O4S. The van der Waals surface area contributed by atoms with Gasteiger partial charge in [0.25, 0.3) is 15.5 Å². The number of allylic oxidation sites excluding steroid dienone is 2. The SMILES string of the molecule is N#CC(C#N)=C(C#N)Nc1ccc(S(=O)(=O)C(F)(F)F)cc1[N+](=O)[O-]. The van der Waals surface area contributed by atoms with Gasteiger partial charge in [0.1, 0.15) is 29.6 Å². The Morgan fingerprint density at radius 1 is 1.16 bits per heavy atom. The number of nitro groups is 1. The van der Waals surface area contributed by atoms with E-state index in [1.54, 1.807) is 0 Å². The molecule has 0 amide bonds. The van der Waals surface area contributed by atoms with Gasteiger partial charge in [-0.15, -0.1) is 0 Å². The Kier molecular flexibility index (Phi) is 5.33. The first-order valence-corrected chi connectivity index (χ1v) is 7.29. The van der Waals surface area contributed by atoms with Gasteiger partial charge in [0.05, 0.1) is 9.82 Å². The molecule has 0 radical (unpaired) electrons. The van der Waals surface area contributed by atoms with Crippen molar-refractivity contribution in [3.05, 3.63) is 39.6 Å². The van der Waals surface area contributed by atoms with Crippen LogP contribution in [0.2, 0.25) is 0 Å². The van der Waals surface area contributed by atoms with Gasteiger partial charge in [0, 0.05) is 6.07 Å². The maximum Gasteiger partial charge on any atom is 0.501 e. The average molecular weight is 371 g/mol. The molecule has 0 aliphatic carbocycles. The van der Waals surface area contributed by atoms with E-state index in [0.717, 1.165) is 0 Å². The van der Waals surface area contributed by atoms with Crippen molar-refractivity contribution in [1.29, 1.82) is 15.8 Å². The molecule has 0 saturated heterocycles. The van der Waals surface area contributed by atoms with Gasteiger partial charge >= 0.3 is 5.51 Å². The van der Waals surface area contributed by atoms with Gasteiger partial charge in [0.2, 0.25) is 0 Å². The van der Waals surface area contributed by atoms with E-state index >= 15 is 0 Å². The molecule has 9 nitrogen and oxygen atoms in total. The number of alkyl halides is 3. The zero-order valence-corrected chi connectivity index (χ0v) is 12.5. The van der Waals surface area contributed by atoms with Crippen LogP contribution in [0.4, 0.5) is 24.5 Å². The van der Waals surface area contributed by atoms with Gasteiger partial charge in [-0.3, -0.25) is 10.1 Å². The number of anilines is 1. The van der Waals surface area contributed by atoms with Gasteiger partial charge in [-0.25, -0.2) is 8.42 Å². The van der Waals surface area contributed by atoms with E-state index < -0.39 is 47.8 Å². The van der Waals surface area contributed by atoms with Crippen LogP contribution < -0.4 is 5.32 Å². The van der Waals surface area contributed by atoms with E-state index in [1.807, 2.05) is 0 Å². The van der Waals surface area contributed by atoms with Gasteiger partial charge in [-0.2, -0.15) is 29.0 Å². The minimum absolute atomic E-state index is 0.151. The maximum absolute atomic E-state index is 12.5. The Labute approximate surface area is 137 Å². The van der Waals surface area contributed by atoms with Crippen LogP contribution in [-0.2, 0) is 9.84 Å². The second kappa shape index (κ2) is 6.86. The van der Waals surface area contributed by atoms with E-state index in [2.05, 4.69) is 5.32 Å². The molecule has 1 aromatic carbocycles. The van der Waals surface area contributed by atoms with Crippen LogP contribution in [0.25, 0.3) is 0 Å². The van der Waals surface area contributed by atoms with Crippen molar-refractivity contribution in [2.45, 2.75) is 10.4 Å². The predicted molar refractivity (Wildman–Crippen MR) is 73.8 cm³/mol. The summed E-state index contributed by atoms with van der Waals surface area (Å²) in [6.07, 6.45) is 0. The van der Waals surface area contributed by atoms with Crippen LogP contribution in [-0.4, -0.2) is 18.8 Å². The molecule has 25 heavy (non-hydrogen) atoms. The van der Waals surface area contributed by atoms with E-state index in [0.29, 0.717) is 12.1 Å². The first-order valence-electron chi connectivity index (χ1n) is 5.81. The zero-order chi connectivity index (χ0) is 19.4. The van der Waals surface area contributed by atoms with Crippen LogP contribution in [0.5, 0.6) is 0 Å². The molecule has 0 fully saturated rings. The molecule has 128 valence electrons. The topological polar surface area (TPSA) is 161 Å². The van der Waals surface area contributed by atoms with E-state index in [-0.39, 0.29) is 6.07 Å². The summed E-state index contributed by atoms with van der Waals surface area (Å²) in [6.45, 7) is 0. The third kappa shape index (κ3) is 3.83. The number of nitro benzene ring substituents is 1. The normalized spacial score (nSPS) is 10.7. The molecule has 0 atom stereocenters. The van der Waals surface area contributed by atoms with Gasteiger partial charge in [-0.05, 0) is 12.1 Å². The highest BCUT2D eigenvalue weighted by atomic mass is 32.2. The molecule has 0 saturated carbocycles. The van der Waals surface area contributed by atoms with Crippen molar-refractivity contribution >= 4 is 21.2 Å². The first-order chi connectivity index (χ1) is 11.5. The molecule has 0 aliphatic rings. The fraction of sp³-hybridized carbons (Fsp3) is 0.0833. The number of rotatable bonds is 4. The average Bonchev–Trinajstić information content (AvgIpc) is 2.53. The highest BCUT2D eigenvalue weighted by Crippen LogP contribution is 2.35. The van der Waals surface area contributed by atoms with Crippen molar-refractivity contribution in [1.82, 2.24) is 0 Å². The largest absolute Gasteiger partial charge is 0.501 e. The fourth-order valence-electron chi connectivity index (χ4n) is 1.49. The molecule has 1 rings (SSSR count). The first kappa shape index (κ1) is 19.4. The van der Waals surface area contributed by atoms with E-state index in [9.17, 15) is 31.7 Å². The van der Waals surface area contributed by atoms with Crippen molar-refractivity contribution in [2.75, 3.05) is 5.32 Å². The highest BCUT2D eigenvalue weighted by Gasteiger charge is 2.47. The molecule has 13 heteroatoms.